The number of aromatic nitrogens is 2. The molecule has 0 spiro atoms. The summed E-state index contributed by atoms with van der Waals surface area (Å²) in [5.41, 5.74) is 1.18. The van der Waals surface area contributed by atoms with Gasteiger partial charge in [-0.25, -0.2) is 4.99 Å². The number of guanidine groups is 1. The normalized spacial score (nSPS) is 10.9. The topological polar surface area (TPSA) is 75.8 Å². The smallest absolute Gasteiger partial charge is 0.223 e. The van der Waals surface area contributed by atoms with Gasteiger partial charge in [-0.1, -0.05) is 17.3 Å². The lowest BCUT2D eigenvalue weighted by molar-refractivity contribution is 0.387. The quantitative estimate of drug-likeness (QED) is 0.419. The number of nitrogens with zero attached hydrogens (tertiary/aromatic N) is 4. The Balaban J connectivity index is 0.00000288. The van der Waals surface area contributed by atoms with Gasteiger partial charge in [-0.15, -0.1) is 24.0 Å². The number of nitrogens with one attached hydrogen (secondary N) is 1. The molecule has 1 aromatic carbocycles. The summed E-state index contributed by atoms with van der Waals surface area (Å²) >= 11 is 0. The summed E-state index contributed by atoms with van der Waals surface area (Å²) in [6.45, 7) is 5.71. The second-order valence-corrected chi connectivity index (χ2v) is 5.10. The van der Waals surface area contributed by atoms with E-state index >= 15 is 0 Å². The van der Waals surface area contributed by atoms with Crippen LogP contribution in [-0.4, -0.2) is 41.7 Å². The summed E-state index contributed by atoms with van der Waals surface area (Å²) in [7, 11) is 3.66. The van der Waals surface area contributed by atoms with E-state index in [1.54, 1.807) is 14.0 Å². The highest BCUT2D eigenvalue weighted by Gasteiger charge is 2.08. The molecule has 0 unspecified atom stereocenters. The van der Waals surface area contributed by atoms with Gasteiger partial charge in [0.25, 0.3) is 0 Å². The number of methoxy groups -OCH3 is 1. The molecule has 0 saturated carbocycles. The van der Waals surface area contributed by atoms with Crippen LogP contribution in [0.1, 0.15) is 24.2 Å². The van der Waals surface area contributed by atoms with Crippen LogP contribution < -0.4 is 10.1 Å². The van der Waals surface area contributed by atoms with Crippen molar-refractivity contribution >= 4 is 29.9 Å². The van der Waals surface area contributed by atoms with Crippen molar-refractivity contribution in [2.75, 3.05) is 20.7 Å². The fraction of sp³-hybridized carbons (Fsp3) is 0.438. The Labute approximate surface area is 159 Å². The molecular weight excluding hydrogens is 421 g/mol. The predicted octanol–water partition coefficient (Wildman–Crippen LogP) is 2.60. The highest BCUT2D eigenvalue weighted by atomic mass is 127. The number of aliphatic imine (C=N–C) groups is 1. The van der Waals surface area contributed by atoms with E-state index < -0.39 is 0 Å². The summed E-state index contributed by atoms with van der Waals surface area (Å²) in [6.07, 6.45) is 0. The number of benzene rings is 1. The molecule has 0 saturated heterocycles. The molecule has 2 aromatic rings. The molecule has 0 atom stereocenters. The fourth-order valence-electron chi connectivity index (χ4n) is 2.10. The molecule has 8 heteroatoms. The second-order valence-electron chi connectivity index (χ2n) is 5.10. The van der Waals surface area contributed by atoms with Gasteiger partial charge in [0.2, 0.25) is 5.89 Å². The number of ether oxygens (including phenoxy) is 1. The summed E-state index contributed by atoms with van der Waals surface area (Å²) in [5.74, 6) is 2.78. The van der Waals surface area contributed by atoms with Crippen molar-refractivity contribution in [2.45, 2.75) is 26.9 Å². The molecule has 0 fully saturated rings. The molecule has 0 amide bonds. The van der Waals surface area contributed by atoms with Crippen molar-refractivity contribution < 1.29 is 9.26 Å². The van der Waals surface area contributed by atoms with Gasteiger partial charge in [-0.3, -0.25) is 0 Å². The van der Waals surface area contributed by atoms with E-state index in [-0.39, 0.29) is 24.0 Å². The summed E-state index contributed by atoms with van der Waals surface area (Å²) in [5, 5.41) is 7.12. The molecule has 0 radical (unpaired) electrons. The first-order valence-corrected chi connectivity index (χ1v) is 7.54. The molecule has 0 aliphatic carbocycles. The van der Waals surface area contributed by atoms with Crippen LogP contribution in [0.25, 0.3) is 0 Å². The minimum atomic E-state index is 0. The van der Waals surface area contributed by atoms with Crippen molar-refractivity contribution in [1.82, 2.24) is 20.4 Å². The zero-order valence-electron chi connectivity index (χ0n) is 14.4. The number of halogens is 1. The van der Waals surface area contributed by atoms with Gasteiger partial charge in [0.1, 0.15) is 12.3 Å². The number of aryl methyl sites for hydroxylation is 1. The average Bonchev–Trinajstić information content (AvgIpc) is 2.97. The van der Waals surface area contributed by atoms with Gasteiger partial charge >= 0.3 is 0 Å². The van der Waals surface area contributed by atoms with Crippen molar-refractivity contribution in [2.24, 2.45) is 4.99 Å². The largest absolute Gasteiger partial charge is 0.497 e. The van der Waals surface area contributed by atoms with E-state index in [9.17, 15) is 0 Å². The third-order valence-corrected chi connectivity index (χ3v) is 3.22. The Bertz CT molecular complexity index is 642. The molecule has 1 aromatic heterocycles. The second kappa shape index (κ2) is 10.1. The average molecular weight is 445 g/mol. The highest BCUT2D eigenvalue weighted by Crippen LogP contribution is 2.12. The molecule has 132 valence electrons. The molecule has 1 N–H and O–H groups in total. The van der Waals surface area contributed by atoms with Crippen LogP contribution in [0, 0.1) is 6.92 Å². The number of hydrogen-bond acceptors (Lipinski definition) is 5. The highest BCUT2D eigenvalue weighted by molar-refractivity contribution is 14.0. The summed E-state index contributed by atoms with van der Waals surface area (Å²) in [6, 6.07) is 7.99. The van der Waals surface area contributed by atoms with Crippen molar-refractivity contribution in [3.8, 4) is 5.75 Å². The van der Waals surface area contributed by atoms with Gasteiger partial charge in [0, 0.05) is 27.1 Å². The van der Waals surface area contributed by atoms with Crippen LogP contribution in [0.2, 0.25) is 0 Å². The van der Waals surface area contributed by atoms with Gasteiger partial charge in [0.05, 0.1) is 7.11 Å². The Hall–Kier alpha value is -1.84. The van der Waals surface area contributed by atoms with Gasteiger partial charge in [0.15, 0.2) is 11.8 Å². The third-order valence-electron chi connectivity index (χ3n) is 3.22. The molecule has 0 bridgehead atoms. The Morgan fingerprint density at radius 1 is 1.33 bits per heavy atom. The van der Waals surface area contributed by atoms with E-state index in [1.807, 2.05) is 38.2 Å². The van der Waals surface area contributed by atoms with Crippen LogP contribution in [0.3, 0.4) is 0 Å². The van der Waals surface area contributed by atoms with Crippen LogP contribution >= 0.6 is 24.0 Å². The van der Waals surface area contributed by atoms with Gasteiger partial charge in [-0.2, -0.15) is 4.98 Å². The Morgan fingerprint density at radius 2 is 2.04 bits per heavy atom. The maximum atomic E-state index is 5.18. The van der Waals surface area contributed by atoms with Crippen LogP contribution in [-0.2, 0) is 13.1 Å². The van der Waals surface area contributed by atoms with E-state index in [1.165, 1.54) is 5.56 Å². The molecule has 24 heavy (non-hydrogen) atoms. The van der Waals surface area contributed by atoms with Crippen molar-refractivity contribution in [1.29, 1.82) is 0 Å². The lowest BCUT2D eigenvalue weighted by atomic mass is 10.2. The summed E-state index contributed by atoms with van der Waals surface area (Å²) in [4.78, 5) is 10.8. The minimum absolute atomic E-state index is 0. The molecule has 7 nitrogen and oxygen atoms in total. The predicted molar refractivity (Wildman–Crippen MR) is 104 cm³/mol. The first kappa shape index (κ1) is 20.2. The molecule has 2 rings (SSSR count). The Kier molecular flexibility index (Phi) is 8.51. The zero-order valence-corrected chi connectivity index (χ0v) is 16.8. The zero-order chi connectivity index (χ0) is 16.7. The summed E-state index contributed by atoms with van der Waals surface area (Å²) < 4.78 is 10.1. The lowest BCUT2D eigenvalue weighted by Crippen LogP contribution is -2.38. The lowest BCUT2D eigenvalue weighted by Gasteiger charge is -2.22. The van der Waals surface area contributed by atoms with Crippen molar-refractivity contribution in [3.05, 3.63) is 41.5 Å². The fourth-order valence-corrected chi connectivity index (χ4v) is 2.10. The maximum absolute atomic E-state index is 5.18. The number of hydrogen-bond donors (Lipinski definition) is 1. The Morgan fingerprint density at radius 3 is 2.58 bits per heavy atom. The van der Waals surface area contributed by atoms with E-state index in [2.05, 4.69) is 25.3 Å². The van der Waals surface area contributed by atoms with Crippen LogP contribution in [0.4, 0.5) is 0 Å². The van der Waals surface area contributed by atoms with Crippen LogP contribution in [0.5, 0.6) is 5.75 Å². The molecular formula is C16H24IN5O2. The van der Waals surface area contributed by atoms with E-state index in [4.69, 9.17) is 9.26 Å². The molecule has 0 aliphatic heterocycles. The van der Waals surface area contributed by atoms with Crippen LogP contribution in [0.15, 0.2) is 33.8 Å². The van der Waals surface area contributed by atoms with Gasteiger partial charge < -0.3 is 19.5 Å². The maximum Gasteiger partial charge on any atom is 0.223 e. The minimum Gasteiger partial charge on any atom is -0.497 e. The first-order chi connectivity index (χ1) is 11.1. The first-order valence-electron chi connectivity index (χ1n) is 7.54. The van der Waals surface area contributed by atoms with E-state index in [0.29, 0.717) is 18.3 Å². The van der Waals surface area contributed by atoms with Crippen molar-refractivity contribution in [3.63, 3.8) is 0 Å². The number of rotatable bonds is 6. The van der Waals surface area contributed by atoms with Gasteiger partial charge in [-0.05, 0) is 24.6 Å². The molecule has 0 aliphatic rings. The van der Waals surface area contributed by atoms with E-state index in [0.717, 1.165) is 24.8 Å². The monoisotopic (exact) mass is 445 g/mol. The molecule has 1 heterocycles. The SMILES string of the molecule is CCNC(=NCc1noc(C)n1)N(C)Cc1ccc(OC)cc1.I. The standard InChI is InChI=1S/C16H23N5O2.HI/c1-5-17-16(18-10-15-19-12(2)23-20-15)21(3)11-13-6-8-14(22-4)9-7-13;/h6-9H,5,10-11H2,1-4H3,(H,17,18);1H. The third kappa shape index (κ3) is 5.99.